The lowest BCUT2D eigenvalue weighted by Crippen LogP contribution is -2.41. The second-order valence-corrected chi connectivity index (χ2v) is 7.91. The van der Waals surface area contributed by atoms with Gasteiger partial charge in [-0.2, -0.15) is 0 Å². The Morgan fingerprint density at radius 3 is 2.77 bits per heavy atom. The summed E-state index contributed by atoms with van der Waals surface area (Å²) in [6.45, 7) is 2.20. The molecule has 1 atom stereocenters. The Morgan fingerprint density at radius 2 is 1.90 bits per heavy atom. The minimum absolute atomic E-state index is 0.396. The van der Waals surface area contributed by atoms with Crippen LogP contribution in [0.15, 0.2) is 60.9 Å². The van der Waals surface area contributed by atoms with Crippen molar-refractivity contribution in [3.8, 4) is 5.75 Å². The summed E-state index contributed by atoms with van der Waals surface area (Å²) in [4.78, 5) is 14.7. The zero-order chi connectivity index (χ0) is 20.3. The number of hydrogen-bond donors (Lipinski definition) is 2. The van der Waals surface area contributed by atoms with Crippen molar-refractivity contribution >= 4 is 21.9 Å². The topological polar surface area (TPSA) is 74.3 Å². The maximum absolute atomic E-state index is 10.6. The first kappa shape index (κ1) is 19.0. The van der Waals surface area contributed by atoms with Gasteiger partial charge in [-0.3, -0.25) is 9.88 Å². The molecule has 2 N–H and O–H groups in total. The molecule has 0 saturated carbocycles. The fraction of sp³-hybridized carbons (Fsp3) is 0.333. The summed E-state index contributed by atoms with van der Waals surface area (Å²) in [5.41, 5.74) is 4.01. The van der Waals surface area contributed by atoms with E-state index in [-0.39, 0.29) is 0 Å². The van der Waals surface area contributed by atoms with Gasteiger partial charge in [-0.05, 0) is 43.2 Å². The first-order valence-corrected chi connectivity index (χ1v) is 10.6. The van der Waals surface area contributed by atoms with Crippen molar-refractivity contribution in [3.05, 3.63) is 66.6 Å². The minimum Gasteiger partial charge on any atom is -0.493 e. The van der Waals surface area contributed by atoms with E-state index in [0.29, 0.717) is 18.9 Å². The highest BCUT2D eigenvalue weighted by molar-refractivity contribution is 5.85. The molecule has 0 bridgehead atoms. The molecule has 1 saturated heterocycles. The van der Waals surface area contributed by atoms with E-state index < -0.39 is 6.23 Å². The zero-order valence-electron chi connectivity index (χ0n) is 16.9. The molecule has 0 aliphatic carbocycles. The highest BCUT2D eigenvalue weighted by Crippen LogP contribution is 2.29. The van der Waals surface area contributed by atoms with Crippen LogP contribution in [0, 0.1) is 0 Å². The average Bonchev–Trinajstić information content (AvgIpc) is 3.29. The largest absolute Gasteiger partial charge is 0.493 e. The number of ether oxygens (including phenoxy) is 1. The third-order valence-corrected chi connectivity index (χ3v) is 6.03. The summed E-state index contributed by atoms with van der Waals surface area (Å²) < 4.78 is 5.95. The number of nitrogens with zero attached hydrogens (tertiary/aromatic N) is 3. The standard InChI is InChI=1S/C24H26N4O2/c29-24(11-15-30-23-7-3-6-19-18(23)8-12-25-19)28-13-9-17(10-14-28)22-16-26-20-4-1-2-5-21(20)27-22/h1-8,12,16-17,24-25,29H,9-11,13-15H2/t24-/m0/s1. The number of aromatic amines is 1. The van der Waals surface area contributed by atoms with Crippen molar-refractivity contribution in [1.29, 1.82) is 0 Å². The first-order chi connectivity index (χ1) is 14.8. The first-order valence-electron chi connectivity index (χ1n) is 10.6. The lowest BCUT2D eigenvalue weighted by molar-refractivity contribution is -0.0236. The number of rotatable bonds is 6. The molecule has 30 heavy (non-hydrogen) atoms. The normalized spacial score (nSPS) is 16.8. The third-order valence-electron chi connectivity index (χ3n) is 6.03. The molecule has 0 unspecified atom stereocenters. The van der Waals surface area contributed by atoms with Crippen LogP contribution in [-0.4, -0.2) is 50.9 Å². The number of hydrogen-bond acceptors (Lipinski definition) is 5. The van der Waals surface area contributed by atoms with Crippen molar-refractivity contribution in [2.24, 2.45) is 0 Å². The summed E-state index contributed by atoms with van der Waals surface area (Å²) in [5, 5.41) is 11.7. The Hall–Kier alpha value is -2.96. The fourth-order valence-corrected chi connectivity index (χ4v) is 4.30. The Balaban J connectivity index is 1.14. The number of fused-ring (bicyclic) bond motifs is 2. The molecule has 3 heterocycles. The van der Waals surface area contributed by atoms with Crippen molar-refractivity contribution in [2.75, 3.05) is 19.7 Å². The number of aliphatic hydroxyl groups excluding tert-OH is 1. The number of likely N-dealkylation sites (tertiary alicyclic amines) is 1. The number of aromatic nitrogens is 3. The molecule has 6 nitrogen and oxygen atoms in total. The SMILES string of the molecule is O[C@@H](CCOc1cccc2[nH]ccc12)N1CCC(c2cnc3ccccc3n2)CC1. The molecule has 0 spiro atoms. The highest BCUT2D eigenvalue weighted by Gasteiger charge is 2.25. The van der Waals surface area contributed by atoms with Crippen LogP contribution in [-0.2, 0) is 0 Å². The van der Waals surface area contributed by atoms with Gasteiger partial charge in [0.05, 0.1) is 23.3 Å². The summed E-state index contributed by atoms with van der Waals surface area (Å²) in [6.07, 6.45) is 5.88. The van der Waals surface area contributed by atoms with E-state index in [1.165, 1.54) is 0 Å². The van der Waals surface area contributed by atoms with Gasteiger partial charge in [0, 0.05) is 48.7 Å². The number of aliphatic hydroxyl groups is 1. The Kier molecular flexibility index (Phi) is 5.34. The Labute approximate surface area is 175 Å². The van der Waals surface area contributed by atoms with E-state index in [2.05, 4.69) is 14.9 Å². The number of nitrogens with one attached hydrogen (secondary N) is 1. The monoisotopic (exact) mass is 402 g/mol. The van der Waals surface area contributed by atoms with Crippen LogP contribution >= 0.6 is 0 Å². The molecule has 0 amide bonds. The van der Waals surface area contributed by atoms with E-state index in [9.17, 15) is 5.11 Å². The van der Waals surface area contributed by atoms with Gasteiger partial charge in [0.1, 0.15) is 12.0 Å². The van der Waals surface area contributed by atoms with Crippen molar-refractivity contribution in [2.45, 2.75) is 31.4 Å². The van der Waals surface area contributed by atoms with Gasteiger partial charge < -0.3 is 14.8 Å². The average molecular weight is 402 g/mol. The van der Waals surface area contributed by atoms with E-state index in [0.717, 1.165) is 59.3 Å². The van der Waals surface area contributed by atoms with Crippen LogP contribution in [0.3, 0.4) is 0 Å². The molecule has 1 fully saturated rings. The number of para-hydroxylation sites is 2. The molecule has 154 valence electrons. The maximum atomic E-state index is 10.6. The highest BCUT2D eigenvalue weighted by atomic mass is 16.5. The van der Waals surface area contributed by atoms with E-state index in [1.54, 1.807) is 0 Å². The minimum atomic E-state index is -0.487. The molecule has 0 radical (unpaired) electrons. The summed E-state index contributed by atoms with van der Waals surface area (Å²) in [6, 6.07) is 16.0. The van der Waals surface area contributed by atoms with Gasteiger partial charge in [-0.1, -0.05) is 18.2 Å². The van der Waals surface area contributed by atoms with Gasteiger partial charge in [-0.25, -0.2) is 4.98 Å². The molecule has 2 aromatic heterocycles. The van der Waals surface area contributed by atoms with Crippen LogP contribution in [0.1, 0.15) is 30.9 Å². The fourth-order valence-electron chi connectivity index (χ4n) is 4.30. The van der Waals surface area contributed by atoms with Crippen LogP contribution in [0.25, 0.3) is 21.9 Å². The molecule has 4 aromatic rings. The zero-order valence-corrected chi connectivity index (χ0v) is 16.9. The van der Waals surface area contributed by atoms with Crippen LogP contribution < -0.4 is 4.74 Å². The van der Waals surface area contributed by atoms with Gasteiger partial charge in [-0.15, -0.1) is 0 Å². The summed E-state index contributed by atoms with van der Waals surface area (Å²) in [7, 11) is 0. The molecular formula is C24H26N4O2. The summed E-state index contributed by atoms with van der Waals surface area (Å²) in [5.74, 6) is 1.25. The molecular weight excluding hydrogens is 376 g/mol. The smallest absolute Gasteiger partial charge is 0.128 e. The number of H-pyrrole nitrogens is 1. The quantitative estimate of drug-likeness (QED) is 0.508. The lowest BCUT2D eigenvalue weighted by Gasteiger charge is -2.34. The maximum Gasteiger partial charge on any atom is 0.128 e. The predicted octanol–water partition coefficient (Wildman–Crippen LogP) is 4.08. The van der Waals surface area contributed by atoms with E-state index in [1.807, 2.05) is 60.9 Å². The van der Waals surface area contributed by atoms with Gasteiger partial charge in [0.15, 0.2) is 0 Å². The van der Waals surface area contributed by atoms with Crippen molar-refractivity contribution in [3.63, 3.8) is 0 Å². The van der Waals surface area contributed by atoms with Crippen LogP contribution in [0.4, 0.5) is 0 Å². The predicted molar refractivity (Wildman–Crippen MR) is 118 cm³/mol. The summed E-state index contributed by atoms with van der Waals surface area (Å²) >= 11 is 0. The number of piperidine rings is 1. The van der Waals surface area contributed by atoms with E-state index in [4.69, 9.17) is 9.72 Å². The van der Waals surface area contributed by atoms with E-state index >= 15 is 0 Å². The van der Waals surface area contributed by atoms with Gasteiger partial charge >= 0.3 is 0 Å². The van der Waals surface area contributed by atoms with Crippen LogP contribution in [0.2, 0.25) is 0 Å². The Bertz CT molecular complexity index is 1130. The Morgan fingerprint density at radius 1 is 1.07 bits per heavy atom. The third kappa shape index (κ3) is 3.88. The van der Waals surface area contributed by atoms with Gasteiger partial charge in [0.25, 0.3) is 0 Å². The molecule has 1 aliphatic rings. The molecule has 6 heteroatoms. The van der Waals surface area contributed by atoms with Crippen LogP contribution in [0.5, 0.6) is 5.75 Å². The number of benzene rings is 2. The lowest BCUT2D eigenvalue weighted by atomic mass is 9.93. The van der Waals surface area contributed by atoms with Crippen molar-refractivity contribution < 1.29 is 9.84 Å². The second kappa shape index (κ2) is 8.42. The molecule has 1 aliphatic heterocycles. The second-order valence-electron chi connectivity index (χ2n) is 7.91. The van der Waals surface area contributed by atoms with Gasteiger partial charge in [0.2, 0.25) is 0 Å². The molecule has 2 aromatic carbocycles. The van der Waals surface area contributed by atoms with Crippen molar-refractivity contribution in [1.82, 2.24) is 19.9 Å². The molecule has 5 rings (SSSR count).